The maximum atomic E-state index is 13.1. The molecule has 4 aliphatic carbocycles. The molecule has 4 bridgehead atoms. The Hall–Kier alpha value is -2.26. The first-order valence-corrected chi connectivity index (χ1v) is 11.5. The van der Waals surface area contributed by atoms with Crippen LogP contribution in [0.1, 0.15) is 51.9 Å². The van der Waals surface area contributed by atoms with E-state index in [1.807, 2.05) is 6.92 Å². The second-order valence-electron chi connectivity index (χ2n) is 9.35. The molecule has 0 radical (unpaired) electrons. The highest BCUT2D eigenvalue weighted by molar-refractivity contribution is 6.24. The van der Waals surface area contributed by atoms with Crippen molar-refractivity contribution in [2.45, 2.75) is 56.7 Å². The summed E-state index contributed by atoms with van der Waals surface area (Å²) in [5.41, 5.74) is 0.109. The predicted molar refractivity (Wildman–Crippen MR) is 117 cm³/mol. The lowest BCUT2D eigenvalue weighted by molar-refractivity contribution is -0.171. The first kappa shape index (κ1) is 22.0. The zero-order valence-electron chi connectivity index (χ0n) is 17.9. The van der Waals surface area contributed by atoms with Crippen LogP contribution in [-0.2, 0) is 14.3 Å². The van der Waals surface area contributed by atoms with Crippen molar-refractivity contribution >= 4 is 29.2 Å². The average molecular weight is 445 g/mol. The van der Waals surface area contributed by atoms with Crippen molar-refractivity contribution in [2.75, 3.05) is 24.7 Å². The topological polar surface area (TPSA) is 79.6 Å². The predicted octanol–water partition coefficient (Wildman–Crippen LogP) is 4.45. The van der Waals surface area contributed by atoms with Crippen molar-refractivity contribution < 1.29 is 19.1 Å². The van der Waals surface area contributed by atoms with E-state index >= 15 is 0 Å². The van der Waals surface area contributed by atoms with Gasteiger partial charge in [0.05, 0.1) is 24.5 Å². The number of rotatable bonds is 8. The Bertz CT molecular complexity index is 865. The van der Waals surface area contributed by atoms with E-state index in [-0.39, 0.29) is 36.3 Å². The average Bonchev–Trinajstić information content (AvgIpc) is 2.71. The largest absolute Gasteiger partial charge is 0.494 e. The van der Waals surface area contributed by atoms with Gasteiger partial charge in [0.2, 0.25) is 0 Å². The van der Waals surface area contributed by atoms with Crippen molar-refractivity contribution in [3.8, 4) is 11.8 Å². The summed E-state index contributed by atoms with van der Waals surface area (Å²) in [6.45, 7) is 2.37. The molecule has 0 N–H and O–H groups in total. The summed E-state index contributed by atoms with van der Waals surface area (Å²) in [4.78, 5) is 27.3. The molecule has 166 valence electrons. The number of nitriles is 1. The van der Waals surface area contributed by atoms with Gasteiger partial charge in [-0.1, -0.05) is 0 Å². The lowest BCUT2D eigenvalue weighted by Crippen LogP contribution is -2.56. The van der Waals surface area contributed by atoms with E-state index in [1.165, 1.54) is 4.90 Å². The summed E-state index contributed by atoms with van der Waals surface area (Å²) in [6, 6.07) is 9.19. The number of halogens is 1. The van der Waals surface area contributed by atoms with E-state index in [9.17, 15) is 9.59 Å². The molecule has 7 heteroatoms. The quantitative estimate of drug-likeness (QED) is 0.437. The lowest BCUT2D eigenvalue weighted by Gasteiger charge is -2.58. The van der Waals surface area contributed by atoms with Crippen LogP contribution >= 0.6 is 11.6 Å². The molecule has 6 nitrogen and oxygen atoms in total. The summed E-state index contributed by atoms with van der Waals surface area (Å²) >= 11 is 6.83. The Balaban J connectivity index is 1.42. The number of ether oxygens (including phenoxy) is 2. The highest BCUT2D eigenvalue weighted by Gasteiger charge is 2.60. The molecular formula is C24H29ClN2O4. The molecule has 5 rings (SSSR count). The van der Waals surface area contributed by atoms with Crippen molar-refractivity contribution in [1.82, 2.24) is 0 Å². The summed E-state index contributed by atoms with van der Waals surface area (Å²) < 4.78 is 11.0. The van der Waals surface area contributed by atoms with E-state index in [1.54, 1.807) is 24.3 Å². The number of benzene rings is 1. The molecule has 0 aromatic heterocycles. The fourth-order valence-corrected chi connectivity index (χ4v) is 6.89. The molecule has 0 unspecified atom stereocenters. The van der Waals surface area contributed by atoms with Gasteiger partial charge in [-0.25, -0.2) is 0 Å². The number of alkyl halides is 1. The third-order valence-electron chi connectivity index (χ3n) is 6.96. The zero-order valence-corrected chi connectivity index (χ0v) is 18.7. The maximum absolute atomic E-state index is 13.1. The van der Waals surface area contributed by atoms with Gasteiger partial charge >= 0.3 is 5.97 Å². The van der Waals surface area contributed by atoms with Crippen LogP contribution in [0.2, 0.25) is 0 Å². The second kappa shape index (κ2) is 8.70. The van der Waals surface area contributed by atoms with E-state index < -0.39 is 5.41 Å². The van der Waals surface area contributed by atoms with Gasteiger partial charge in [-0.15, -0.1) is 11.6 Å². The first-order chi connectivity index (χ1) is 14.9. The van der Waals surface area contributed by atoms with Crippen molar-refractivity contribution in [3.63, 3.8) is 0 Å². The van der Waals surface area contributed by atoms with Gasteiger partial charge < -0.3 is 14.4 Å². The lowest BCUT2D eigenvalue weighted by atomic mass is 9.49. The molecule has 4 aliphatic rings. The highest BCUT2D eigenvalue weighted by Crippen LogP contribution is 2.64. The monoisotopic (exact) mass is 444 g/mol. The van der Waals surface area contributed by atoms with Crippen LogP contribution in [-0.4, -0.2) is 36.5 Å². The molecule has 2 atom stereocenters. The fraction of sp³-hybridized carbons (Fsp3) is 0.625. The van der Waals surface area contributed by atoms with Gasteiger partial charge in [-0.2, -0.15) is 5.26 Å². The smallest absolute Gasteiger partial charge is 0.312 e. The number of carbonyl (C=O) groups is 2. The van der Waals surface area contributed by atoms with E-state index in [0.29, 0.717) is 36.3 Å². The van der Waals surface area contributed by atoms with Gasteiger partial charge in [0.15, 0.2) is 6.61 Å². The summed E-state index contributed by atoms with van der Waals surface area (Å²) in [7, 11) is 0. The first-order valence-electron chi connectivity index (χ1n) is 11.1. The number of esters is 1. The van der Waals surface area contributed by atoms with Crippen LogP contribution in [0.25, 0.3) is 0 Å². The molecule has 4 saturated carbocycles. The molecule has 1 aromatic rings. The third kappa shape index (κ3) is 4.52. The van der Waals surface area contributed by atoms with E-state index in [4.69, 9.17) is 26.3 Å². The van der Waals surface area contributed by atoms with Gasteiger partial charge in [0.25, 0.3) is 5.91 Å². The number of hydrogen-bond donors (Lipinski definition) is 0. The molecule has 0 aliphatic heterocycles. The number of amides is 1. The van der Waals surface area contributed by atoms with Gasteiger partial charge in [-0.05, 0) is 81.5 Å². The molecule has 0 saturated heterocycles. The highest BCUT2D eigenvalue weighted by atomic mass is 35.5. The number of hydrogen-bond acceptors (Lipinski definition) is 5. The summed E-state index contributed by atoms with van der Waals surface area (Å²) in [5, 5.41) is 8.99. The normalized spacial score (nSPS) is 30.5. The van der Waals surface area contributed by atoms with Gasteiger partial charge in [-0.3, -0.25) is 9.59 Å². The van der Waals surface area contributed by atoms with Crippen LogP contribution in [0.3, 0.4) is 0 Å². The molecule has 4 fully saturated rings. The number of nitrogens with zero attached hydrogens (tertiary/aromatic N) is 2. The van der Waals surface area contributed by atoms with Crippen LogP contribution < -0.4 is 9.64 Å². The SMILES string of the molecule is CCOc1ccc(N(CCC#N)C(=O)COC(=O)C23C[C@@H]4C[C@H](CC(Cl)(C4)C2)C3)cc1. The Morgan fingerprint density at radius 1 is 1.19 bits per heavy atom. The second-order valence-corrected chi connectivity index (χ2v) is 10.2. The summed E-state index contributed by atoms with van der Waals surface area (Å²) in [5.74, 6) is 1.06. The minimum atomic E-state index is -0.539. The molecule has 0 spiro atoms. The minimum absolute atomic E-state index is 0.189. The molecule has 1 aromatic carbocycles. The molecule has 1 amide bonds. The molecular weight excluding hydrogens is 416 g/mol. The maximum Gasteiger partial charge on any atom is 0.312 e. The Morgan fingerprint density at radius 3 is 2.45 bits per heavy atom. The van der Waals surface area contributed by atoms with Crippen LogP contribution in [0, 0.1) is 28.6 Å². The van der Waals surface area contributed by atoms with Crippen molar-refractivity contribution in [2.24, 2.45) is 17.3 Å². The Kier molecular flexibility index (Phi) is 6.16. The van der Waals surface area contributed by atoms with Crippen molar-refractivity contribution in [3.05, 3.63) is 24.3 Å². The number of anilines is 1. The fourth-order valence-electron chi connectivity index (χ4n) is 6.20. The van der Waals surface area contributed by atoms with Crippen LogP contribution in [0.15, 0.2) is 24.3 Å². The molecule has 31 heavy (non-hydrogen) atoms. The van der Waals surface area contributed by atoms with Gasteiger partial charge in [0.1, 0.15) is 5.75 Å². The standard InChI is InChI=1S/C24H29ClN2O4/c1-2-30-20-6-4-19(5-7-20)27(9-3-8-26)21(28)15-31-22(29)23-11-17-10-18(12-23)14-24(25,13-17)16-23/h4-7,17-18H,2-3,9-16H2,1H3/t17-,18-,23?,24?/m0/s1. The third-order valence-corrected chi connectivity index (χ3v) is 7.40. The van der Waals surface area contributed by atoms with E-state index in [2.05, 4.69) is 6.07 Å². The zero-order chi connectivity index (χ0) is 22.1. The minimum Gasteiger partial charge on any atom is -0.494 e. The number of carbonyl (C=O) groups excluding carboxylic acids is 2. The summed E-state index contributed by atoms with van der Waals surface area (Å²) in [6.07, 6.45) is 5.61. The van der Waals surface area contributed by atoms with Crippen LogP contribution in [0.5, 0.6) is 5.75 Å². The van der Waals surface area contributed by atoms with Crippen molar-refractivity contribution in [1.29, 1.82) is 5.26 Å². The Labute approximate surface area is 188 Å². The van der Waals surface area contributed by atoms with Crippen LogP contribution in [0.4, 0.5) is 5.69 Å². The Morgan fingerprint density at radius 2 is 1.87 bits per heavy atom. The van der Waals surface area contributed by atoms with Gasteiger partial charge in [0, 0.05) is 17.1 Å². The molecule has 0 heterocycles. The van der Waals surface area contributed by atoms with E-state index in [0.717, 1.165) is 32.1 Å².